The van der Waals surface area contributed by atoms with E-state index in [1.165, 1.54) is 18.5 Å². The van der Waals surface area contributed by atoms with Crippen LogP contribution in [0.2, 0.25) is 0 Å². The number of benzene rings is 1. The Morgan fingerprint density at radius 2 is 2.00 bits per heavy atom. The van der Waals surface area contributed by atoms with Crippen LogP contribution in [0.15, 0.2) is 24.5 Å². The zero-order valence-electron chi connectivity index (χ0n) is 13.0. The summed E-state index contributed by atoms with van der Waals surface area (Å²) >= 11 is 0. The first kappa shape index (κ1) is 16.9. The number of carboxylic acids is 2. The molecule has 0 aliphatic carbocycles. The van der Waals surface area contributed by atoms with Crippen LogP contribution in [0.1, 0.15) is 34.1 Å². The van der Waals surface area contributed by atoms with E-state index < -0.39 is 25.2 Å². The van der Waals surface area contributed by atoms with Crippen LogP contribution in [-0.4, -0.2) is 44.3 Å². The molecular formula is C15H13BN2O7. The molecule has 1 unspecified atom stereocenters. The van der Waals surface area contributed by atoms with Crippen molar-refractivity contribution in [3.05, 3.63) is 41.3 Å². The first-order valence-corrected chi connectivity index (χ1v) is 7.28. The van der Waals surface area contributed by atoms with E-state index in [4.69, 9.17) is 19.6 Å². The zero-order chi connectivity index (χ0) is 18.1. The maximum Gasteiger partial charge on any atom is 0.492 e. The lowest BCUT2D eigenvalue weighted by molar-refractivity contribution is -0.138. The van der Waals surface area contributed by atoms with Crippen LogP contribution < -0.4 is 10.2 Å². The van der Waals surface area contributed by atoms with E-state index in [0.29, 0.717) is 16.6 Å². The molecule has 10 heteroatoms. The van der Waals surface area contributed by atoms with Gasteiger partial charge in [0.05, 0.1) is 12.5 Å². The fraction of sp³-hybridized carbons (Fsp3) is 0.200. The quantitative estimate of drug-likeness (QED) is 0.662. The molecule has 2 heterocycles. The molecule has 1 aromatic heterocycles. The van der Waals surface area contributed by atoms with Gasteiger partial charge < -0.3 is 24.6 Å². The topological polar surface area (TPSA) is 139 Å². The Morgan fingerprint density at radius 1 is 1.28 bits per heavy atom. The average molecular weight is 344 g/mol. The summed E-state index contributed by atoms with van der Waals surface area (Å²) in [6.45, 7) is 1.72. The number of hydrogen-bond donors (Lipinski definition) is 3. The number of aromatic nitrogens is 2. The maximum absolute atomic E-state index is 11.2. The fourth-order valence-electron chi connectivity index (χ4n) is 2.76. The second-order valence-corrected chi connectivity index (χ2v) is 5.44. The molecule has 128 valence electrons. The van der Waals surface area contributed by atoms with Gasteiger partial charge in [0.15, 0.2) is 0 Å². The highest BCUT2D eigenvalue weighted by Gasteiger charge is 2.38. The van der Waals surface area contributed by atoms with Crippen LogP contribution in [0.3, 0.4) is 0 Å². The molecule has 3 N–H and O–H groups in total. The number of aryl methyl sites for hydroxylation is 1. The van der Waals surface area contributed by atoms with Crippen molar-refractivity contribution in [2.75, 3.05) is 0 Å². The molecule has 0 saturated carbocycles. The van der Waals surface area contributed by atoms with E-state index in [0.717, 1.165) is 0 Å². The molecule has 1 aromatic carbocycles. The number of fused-ring (bicyclic) bond motifs is 1. The average Bonchev–Trinajstić information content (AvgIpc) is 2.83. The summed E-state index contributed by atoms with van der Waals surface area (Å²) in [5, 5.41) is 28.1. The predicted octanol–water partition coefficient (Wildman–Crippen LogP) is 0.509. The molecule has 0 amide bonds. The van der Waals surface area contributed by atoms with Crippen LogP contribution in [-0.2, 0) is 9.45 Å². The van der Waals surface area contributed by atoms with Crippen LogP contribution in [0.25, 0.3) is 0 Å². The number of carboxylic acid groups (broad SMARTS) is 2. The highest BCUT2D eigenvalue weighted by Crippen LogP contribution is 2.33. The Labute approximate surface area is 142 Å². The second kappa shape index (κ2) is 6.50. The van der Waals surface area contributed by atoms with E-state index >= 15 is 0 Å². The zero-order valence-corrected chi connectivity index (χ0v) is 13.0. The van der Waals surface area contributed by atoms with Gasteiger partial charge in [-0.15, -0.1) is 0 Å². The van der Waals surface area contributed by atoms with Crippen LogP contribution in [0.5, 0.6) is 11.6 Å². The molecule has 9 nitrogen and oxygen atoms in total. The number of rotatable bonds is 5. The van der Waals surface area contributed by atoms with Crippen molar-refractivity contribution < 1.29 is 34.2 Å². The van der Waals surface area contributed by atoms with Crippen molar-refractivity contribution in [3.8, 4) is 11.6 Å². The molecule has 0 radical (unpaired) electrons. The monoisotopic (exact) mass is 344 g/mol. The van der Waals surface area contributed by atoms with Gasteiger partial charge in [0, 0.05) is 12.4 Å². The van der Waals surface area contributed by atoms with Crippen molar-refractivity contribution in [3.63, 3.8) is 0 Å². The number of nitrogens with zero attached hydrogens (tertiary/aromatic N) is 2. The van der Waals surface area contributed by atoms with Crippen molar-refractivity contribution in [2.24, 2.45) is 0 Å². The van der Waals surface area contributed by atoms with Gasteiger partial charge in [-0.3, -0.25) is 4.79 Å². The van der Waals surface area contributed by atoms with Crippen molar-refractivity contribution >= 4 is 24.5 Å². The van der Waals surface area contributed by atoms with E-state index in [1.807, 2.05) is 0 Å². The Balaban J connectivity index is 1.96. The SMILES string of the molecule is Cc1cc(Oc2nccnc2C(=O)O)cc2c1C(CC(=O)O)OB2O. The number of ether oxygens (including phenoxy) is 1. The van der Waals surface area contributed by atoms with E-state index in [-0.39, 0.29) is 23.7 Å². The van der Waals surface area contributed by atoms with Crippen molar-refractivity contribution in [1.82, 2.24) is 9.97 Å². The van der Waals surface area contributed by atoms with Crippen molar-refractivity contribution in [1.29, 1.82) is 0 Å². The minimum absolute atomic E-state index is 0.190. The highest BCUT2D eigenvalue weighted by molar-refractivity contribution is 6.62. The summed E-state index contributed by atoms with van der Waals surface area (Å²) in [6, 6.07) is 3.06. The smallest absolute Gasteiger partial charge is 0.481 e. The predicted molar refractivity (Wildman–Crippen MR) is 83.9 cm³/mol. The molecule has 25 heavy (non-hydrogen) atoms. The van der Waals surface area contributed by atoms with E-state index in [1.54, 1.807) is 13.0 Å². The lowest BCUT2D eigenvalue weighted by atomic mass is 9.77. The first-order valence-electron chi connectivity index (χ1n) is 7.28. The molecule has 2 aromatic rings. The Hall–Kier alpha value is -2.98. The molecule has 1 aliphatic rings. The van der Waals surface area contributed by atoms with Crippen LogP contribution in [0, 0.1) is 6.92 Å². The van der Waals surface area contributed by atoms with Crippen LogP contribution >= 0.6 is 0 Å². The lowest BCUT2D eigenvalue weighted by Gasteiger charge is -2.13. The largest absolute Gasteiger partial charge is 0.492 e. The minimum atomic E-state index is -1.29. The van der Waals surface area contributed by atoms with Crippen LogP contribution in [0.4, 0.5) is 0 Å². The summed E-state index contributed by atoms with van der Waals surface area (Å²) in [5.74, 6) is -2.29. The van der Waals surface area contributed by atoms with Gasteiger partial charge in [-0.1, -0.05) is 0 Å². The molecular weight excluding hydrogens is 331 g/mol. The Kier molecular flexibility index (Phi) is 4.38. The molecule has 0 bridgehead atoms. The molecule has 1 atom stereocenters. The number of carbonyl (C=O) groups is 2. The highest BCUT2D eigenvalue weighted by atomic mass is 16.5. The second-order valence-electron chi connectivity index (χ2n) is 5.44. The summed E-state index contributed by atoms with van der Waals surface area (Å²) < 4.78 is 10.8. The van der Waals surface area contributed by atoms with Crippen molar-refractivity contribution in [2.45, 2.75) is 19.4 Å². The van der Waals surface area contributed by atoms with Gasteiger partial charge in [0.25, 0.3) is 5.88 Å². The Bertz CT molecular complexity index is 858. The summed E-state index contributed by atoms with van der Waals surface area (Å²) in [7, 11) is -1.29. The van der Waals surface area contributed by atoms with E-state index in [2.05, 4.69) is 9.97 Å². The van der Waals surface area contributed by atoms with Gasteiger partial charge in [-0.25, -0.2) is 14.8 Å². The maximum atomic E-state index is 11.2. The number of hydrogen-bond acceptors (Lipinski definition) is 7. The standard InChI is InChI=1S/C15H13BN2O7/c1-7-4-8(24-14-13(15(21)22)17-2-3-18-14)5-9-12(7)10(6-11(19)20)25-16(9)23/h2-5,10,23H,6H2,1H3,(H,19,20)(H,21,22). The number of aliphatic carboxylic acids is 1. The molecule has 0 spiro atoms. The first-order chi connectivity index (χ1) is 11.9. The summed E-state index contributed by atoms with van der Waals surface area (Å²) in [6.07, 6.45) is 1.49. The van der Waals surface area contributed by atoms with Gasteiger partial charge >= 0.3 is 19.1 Å². The normalized spacial score (nSPS) is 15.8. The molecule has 0 fully saturated rings. The summed E-state index contributed by atoms with van der Waals surface area (Å²) in [5.41, 5.74) is 1.26. The third kappa shape index (κ3) is 3.30. The van der Waals surface area contributed by atoms with Gasteiger partial charge in [-0.05, 0) is 35.6 Å². The molecule has 0 saturated heterocycles. The molecule has 1 aliphatic heterocycles. The Morgan fingerprint density at radius 3 is 2.68 bits per heavy atom. The fourth-order valence-corrected chi connectivity index (χ4v) is 2.76. The van der Waals surface area contributed by atoms with Gasteiger partial charge in [0.1, 0.15) is 5.75 Å². The van der Waals surface area contributed by atoms with Gasteiger partial charge in [0.2, 0.25) is 5.69 Å². The third-order valence-electron chi connectivity index (χ3n) is 3.72. The minimum Gasteiger partial charge on any atom is -0.481 e. The van der Waals surface area contributed by atoms with E-state index in [9.17, 15) is 14.6 Å². The molecule has 3 rings (SSSR count). The lowest BCUT2D eigenvalue weighted by Crippen LogP contribution is -2.28. The summed E-state index contributed by atoms with van der Waals surface area (Å²) in [4.78, 5) is 29.7. The number of aromatic carboxylic acids is 1. The third-order valence-corrected chi connectivity index (χ3v) is 3.72. The van der Waals surface area contributed by atoms with Gasteiger partial charge in [-0.2, -0.15) is 0 Å².